The molecule has 5 heteroatoms. The van der Waals surface area contributed by atoms with Crippen molar-refractivity contribution in [2.45, 2.75) is 25.9 Å². The normalized spacial score (nSPS) is 12.6. The number of rotatable bonds is 5. The lowest BCUT2D eigenvalue weighted by molar-refractivity contribution is 0.568. The first-order valence-corrected chi connectivity index (χ1v) is 7.06. The highest BCUT2D eigenvalue weighted by Crippen LogP contribution is 2.28. The van der Waals surface area contributed by atoms with E-state index in [1.807, 2.05) is 37.6 Å². The fourth-order valence-corrected chi connectivity index (χ4v) is 2.45. The maximum atomic E-state index is 6.09. The van der Waals surface area contributed by atoms with Gasteiger partial charge in [0.05, 0.1) is 16.1 Å². The van der Waals surface area contributed by atoms with E-state index in [0.29, 0.717) is 10.0 Å². The van der Waals surface area contributed by atoms with Crippen LogP contribution in [0, 0.1) is 0 Å². The minimum atomic E-state index is 0.0105. The molecule has 1 atom stereocenters. The van der Waals surface area contributed by atoms with Crippen molar-refractivity contribution in [3.63, 3.8) is 0 Å². The smallest absolute Gasteiger partial charge is 0.130 e. The van der Waals surface area contributed by atoms with E-state index in [-0.39, 0.29) is 6.04 Å². The van der Waals surface area contributed by atoms with Crippen molar-refractivity contribution < 1.29 is 0 Å². The fraction of sp³-hybridized carbons (Fsp3) is 0.357. The van der Waals surface area contributed by atoms with Crippen LogP contribution >= 0.6 is 23.2 Å². The topological polar surface area (TPSA) is 29.9 Å². The molecular formula is C14H17Cl2N3. The van der Waals surface area contributed by atoms with Crippen molar-refractivity contribution in [1.29, 1.82) is 0 Å². The monoisotopic (exact) mass is 297 g/mol. The Kier molecular flexibility index (Phi) is 4.86. The molecule has 0 spiro atoms. The molecule has 2 aromatic rings. The van der Waals surface area contributed by atoms with Gasteiger partial charge in [-0.05, 0) is 31.2 Å². The van der Waals surface area contributed by atoms with Crippen molar-refractivity contribution in [2.75, 3.05) is 7.05 Å². The van der Waals surface area contributed by atoms with Gasteiger partial charge in [-0.15, -0.1) is 0 Å². The summed E-state index contributed by atoms with van der Waals surface area (Å²) in [5.41, 5.74) is 1.06. The van der Waals surface area contributed by atoms with Crippen LogP contribution in [0.25, 0.3) is 0 Å². The molecule has 0 amide bonds. The Morgan fingerprint density at radius 1 is 1.32 bits per heavy atom. The lowest BCUT2D eigenvalue weighted by Gasteiger charge is -2.18. The summed E-state index contributed by atoms with van der Waals surface area (Å²) in [5, 5.41) is 4.41. The number of imidazole rings is 1. The molecule has 3 nitrogen and oxygen atoms in total. The van der Waals surface area contributed by atoms with Gasteiger partial charge in [-0.1, -0.05) is 36.2 Å². The molecule has 0 radical (unpaired) electrons. The third kappa shape index (κ3) is 3.11. The highest BCUT2D eigenvalue weighted by atomic mass is 35.5. The van der Waals surface area contributed by atoms with Crippen LogP contribution in [0.2, 0.25) is 10.0 Å². The predicted octanol–water partition coefficient (Wildman–Crippen LogP) is 3.91. The summed E-state index contributed by atoms with van der Waals surface area (Å²) < 4.78 is 2.16. The molecule has 1 aromatic carbocycles. The van der Waals surface area contributed by atoms with E-state index in [9.17, 15) is 0 Å². The van der Waals surface area contributed by atoms with E-state index in [4.69, 9.17) is 23.2 Å². The predicted molar refractivity (Wildman–Crippen MR) is 79.9 cm³/mol. The Hall–Kier alpha value is -1.03. The summed E-state index contributed by atoms with van der Waals surface area (Å²) in [7, 11) is 1.91. The number of aromatic nitrogens is 2. The molecule has 0 aliphatic rings. The van der Waals surface area contributed by atoms with Crippen molar-refractivity contribution in [1.82, 2.24) is 14.9 Å². The van der Waals surface area contributed by atoms with Gasteiger partial charge in [0, 0.05) is 18.9 Å². The molecule has 19 heavy (non-hydrogen) atoms. The van der Waals surface area contributed by atoms with Gasteiger partial charge in [0.25, 0.3) is 0 Å². The maximum absolute atomic E-state index is 6.09. The van der Waals surface area contributed by atoms with Gasteiger partial charge in [-0.3, -0.25) is 0 Å². The molecule has 1 aromatic heterocycles. The summed E-state index contributed by atoms with van der Waals surface area (Å²) in [4.78, 5) is 4.46. The quantitative estimate of drug-likeness (QED) is 0.907. The lowest BCUT2D eigenvalue weighted by atomic mass is 10.1. The Morgan fingerprint density at radius 2 is 2.11 bits per heavy atom. The van der Waals surface area contributed by atoms with Crippen LogP contribution in [-0.4, -0.2) is 16.6 Å². The molecule has 2 rings (SSSR count). The number of nitrogens with zero attached hydrogens (tertiary/aromatic N) is 2. The largest absolute Gasteiger partial charge is 0.333 e. The van der Waals surface area contributed by atoms with Gasteiger partial charge in [0.2, 0.25) is 0 Å². The molecule has 0 fully saturated rings. The third-order valence-electron chi connectivity index (χ3n) is 3.04. The van der Waals surface area contributed by atoms with E-state index in [1.165, 1.54) is 0 Å². The summed E-state index contributed by atoms with van der Waals surface area (Å²) >= 11 is 12.1. The fourth-order valence-electron chi connectivity index (χ4n) is 2.15. The SMILES string of the molecule is CCCn1ccnc1C(NC)c1ccc(Cl)c(Cl)c1. The molecule has 0 bridgehead atoms. The Balaban J connectivity index is 2.38. The van der Waals surface area contributed by atoms with Gasteiger partial charge in [0.15, 0.2) is 0 Å². The number of hydrogen-bond donors (Lipinski definition) is 1. The van der Waals surface area contributed by atoms with Crippen molar-refractivity contribution in [3.8, 4) is 0 Å². The molecular weight excluding hydrogens is 281 g/mol. The Morgan fingerprint density at radius 3 is 2.74 bits per heavy atom. The van der Waals surface area contributed by atoms with Crippen LogP contribution in [0.1, 0.15) is 30.8 Å². The molecule has 1 heterocycles. The molecule has 1 unspecified atom stereocenters. The van der Waals surface area contributed by atoms with Gasteiger partial charge >= 0.3 is 0 Å². The first kappa shape index (κ1) is 14.4. The summed E-state index contributed by atoms with van der Waals surface area (Å²) in [6.07, 6.45) is 4.90. The van der Waals surface area contributed by atoms with Crippen LogP contribution in [-0.2, 0) is 6.54 Å². The van der Waals surface area contributed by atoms with E-state index < -0.39 is 0 Å². The number of benzene rings is 1. The maximum Gasteiger partial charge on any atom is 0.130 e. The highest BCUT2D eigenvalue weighted by Gasteiger charge is 2.18. The molecule has 102 valence electrons. The first-order valence-electron chi connectivity index (χ1n) is 6.30. The van der Waals surface area contributed by atoms with E-state index >= 15 is 0 Å². The van der Waals surface area contributed by atoms with Gasteiger partial charge in [0.1, 0.15) is 5.82 Å². The summed E-state index contributed by atoms with van der Waals surface area (Å²) in [5.74, 6) is 0.989. The zero-order chi connectivity index (χ0) is 13.8. The number of nitrogens with one attached hydrogen (secondary N) is 1. The lowest BCUT2D eigenvalue weighted by Crippen LogP contribution is -2.22. The molecule has 0 aliphatic carbocycles. The number of aryl methyl sites for hydroxylation is 1. The number of halogens is 2. The second-order valence-electron chi connectivity index (χ2n) is 4.37. The van der Waals surface area contributed by atoms with Crippen LogP contribution in [0.4, 0.5) is 0 Å². The minimum Gasteiger partial charge on any atom is -0.333 e. The van der Waals surface area contributed by atoms with Crippen LogP contribution in [0.15, 0.2) is 30.6 Å². The van der Waals surface area contributed by atoms with Crippen LogP contribution in [0.3, 0.4) is 0 Å². The minimum absolute atomic E-state index is 0.0105. The van der Waals surface area contributed by atoms with E-state index in [2.05, 4.69) is 21.8 Å². The highest BCUT2D eigenvalue weighted by molar-refractivity contribution is 6.42. The van der Waals surface area contributed by atoms with Gasteiger partial charge in [-0.25, -0.2) is 4.98 Å². The van der Waals surface area contributed by atoms with Crippen molar-refractivity contribution in [2.24, 2.45) is 0 Å². The standard InChI is InChI=1S/C14H17Cl2N3/c1-3-7-19-8-6-18-14(19)13(17-2)10-4-5-11(15)12(16)9-10/h4-6,8-9,13,17H,3,7H2,1-2H3. The summed E-state index contributed by atoms with van der Waals surface area (Å²) in [6, 6.07) is 5.68. The second kappa shape index (κ2) is 6.42. The zero-order valence-corrected chi connectivity index (χ0v) is 12.5. The Labute approximate surface area is 123 Å². The third-order valence-corrected chi connectivity index (χ3v) is 3.78. The molecule has 0 aliphatic heterocycles. The molecule has 1 N–H and O–H groups in total. The second-order valence-corrected chi connectivity index (χ2v) is 5.19. The average Bonchev–Trinajstić information content (AvgIpc) is 2.83. The zero-order valence-electron chi connectivity index (χ0n) is 11.0. The Bertz CT molecular complexity index is 551. The molecule has 0 saturated heterocycles. The van der Waals surface area contributed by atoms with Gasteiger partial charge < -0.3 is 9.88 Å². The van der Waals surface area contributed by atoms with E-state index in [1.54, 1.807) is 0 Å². The van der Waals surface area contributed by atoms with Crippen LogP contribution < -0.4 is 5.32 Å². The van der Waals surface area contributed by atoms with Crippen molar-refractivity contribution in [3.05, 3.63) is 52.0 Å². The van der Waals surface area contributed by atoms with Gasteiger partial charge in [-0.2, -0.15) is 0 Å². The van der Waals surface area contributed by atoms with Crippen LogP contribution in [0.5, 0.6) is 0 Å². The molecule has 0 saturated carbocycles. The van der Waals surface area contributed by atoms with E-state index in [0.717, 1.165) is 24.4 Å². The number of hydrogen-bond acceptors (Lipinski definition) is 2. The first-order chi connectivity index (χ1) is 9.17. The average molecular weight is 298 g/mol. The van der Waals surface area contributed by atoms with Crippen molar-refractivity contribution >= 4 is 23.2 Å². The summed E-state index contributed by atoms with van der Waals surface area (Å²) in [6.45, 7) is 3.10.